The minimum absolute atomic E-state index is 0.121. The molecule has 0 saturated carbocycles. The fourth-order valence-corrected chi connectivity index (χ4v) is 2.00. The third kappa shape index (κ3) is 3.81. The Labute approximate surface area is 95.4 Å². The molecule has 0 atom stereocenters. The van der Waals surface area contributed by atoms with E-state index in [0.29, 0.717) is 0 Å². The van der Waals surface area contributed by atoms with Gasteiger partial charge in [-0.1, -0.05) is 0 Å². The molecule has 0 aliphatic rings. The highest BCUT2D eigenvalue weighted by atomic mass is 32.1. The molecule has 1 aromatic heterocycles. The molecule has 3 nitrogen and oxygen atoms in total. The minimum atomic E-state index is -0.121. The lowest BCUT2D eigenvalue weighted by molar-refractivity contribution is 0.0231. The summed E-state index contributed by atoms with van der Waals surface area (Å²) < 4.78 is 10.6. The van der Waals surface area contributed by atoms with E-state index < -0.39 is 0 Å². The highest BCUT2D eigenvalue weighted by molar-refractivity contribution is 7.10. The molecular formula is C11H19NO2S. The molecule has 0 fully saturated rings. The molecule has 1 N–H and O–H groups in total. The van der Waals surface area contributed by atoms with E-state index in [9.17, 15) is 0 Å². The van der Waals surface area contributed by atoms with E-state index in [0.717, 1.165) is 18.8 Å². The molecule has 0 spiro atoms. The van der Waals surface area contributed by atoms with Crippen LogP contribution in [0, 0.1) is 0 Å². The Morgan fingerprint density at radius 3 is 2.73 bits per heavy atom. The highest BCUT2D eigenvalue weighted by Crippen LogP contribution is 2.24. The molecule has 86 valence electrons. The summed E-state index contributed by atoms with van der Waals surface area (Å²) in [7, 11) is 3.43. The molecule has 1 rings (SSSR count). The maximum absolute atomic E-state index is 5.32. The Hall–Kier alpha value is -0.580. The largest absolute Gasteiger partial charge is 0.496 e. The molecular weight excluding hydrogens is 210 g/mol. The normalized spacial score (nSPS) is 11.7. The third-order valence-electron chi connectivity index (χ3n) is 2.31. The molecule has 0 saturated heterocycles. The maximum Gasteiger partial charge on any atom is 0.134 e. The van der Waals surface area contributed by atoms with Gasteiger partial charge in [0.25, 0.3) is 0 Å². The molecule has 0 unspecified atom stereocenters. The van der Waals surface area contributed by atoms with Gasteiger partial charge in [0.05, 0.1) is 17.6 Å². The van der Waals surface area contributed by atoms with Crippen molar-refractivity contribution in [3.05, 3.63) is 16.3 Å². The van der Waals surface area contributed by atoms with Crippen LogP contribution in [0.5, 0.6) is 5.75 Å². The van der Waals surface area contributed by atoms with Crippen LogP contribution in [0.25, 0.3) is 0 Å². The predicted molar refractivity (Wildman–Crippen MR) is 63.7 cm³/mol. The van der Waals surface area contributed by atoms with Gasteiger partial charge in [-0.2, -0.15) is 0 Å². The van der Waals surface area contributed by atoms with E-state index in [4.69, 9.17) is 9.47 Å². The molecule has 0 bridgehead atoms. The summed E-state index contributed by atoms with van der Waals surface area (Å²) in [5, 5.41) is 5.40. The van der Waals surface area contributed by atoms with Crippen molar-refractivity contribution in [2.24, 2.45) is 0 Å². The lowest BCUT2D eigenvalue weighted by Crippen LogP contribution is -2.36. The van der Waals surface area contributed by atoms with Crippen molar-refractivity contribution in [2.45, 2.75) is 26.0 Å². The fraction of sp³-hybridized carbons (Fsp3) is 0.636. The van der Waals surface area contributed by atoms with E-state index in [-0.39, 0.29) is 5.60 Å². The second kappa shape index (κ2) is 5.49. The van der Waals surface area contributed by atoms with Crippen LogP contribution < -0.4 is 10.1 Å². The summed E-state index contributed by atoms with van der Waals surface area (Å²) in [6.07, 6.45) is 0. The Balaban J connectivity index is 2.38. The smallest absolute Gasteiger partial charge is 0.134 e. The topological polar surface area (TPSA) is 30.5 Å². The lowest BCUT2D eigenvalue weighted by Gasteiger charge is -2.23. The predicted octanol–water partition coefficient (Wildman–Crippen LogP) is 2.27. The highest BCUT2D eigenvalue weighted by Gasteiger charge is 2.15. The van der Waals surface area contributed by atoms with Gasteiger partial charge in [-0.05, 0) is 25.3 Å². The van der Waals surface area contributed by atoms with Crippen molar-refractivity contribution in [3.8, 4) is 5.75 Å². The van der Waals surface area contributed by atoms with Crippen LogP contribution in [0.2, 0.25) is 0 Å². The Morgan fingerprint density at radius 1 is 1.40 bits per heavy atom. The second-order valence-electron chi connectivity index (χ2n) is 3.98. The van der Waals surface area contributed by atoms with Crippen LogP contribution in [-0.2, 0) is 11.3 Å². The van der Waals surface area contributed by atoms with Crippen LogP contribution in [0.1, 0.15) is 18.7 Å². The molecule has 4 heteroatoms. The van der Waals surface area contributed by atoms with Gasteiger partial charge in [-0.25, -0.2) is 0 Å². The fourth-order valence-electron chi connectivity index (χ4n) is 1.19. The van der Waals surface area contributed by atoms with Gasteiger partial charge in [-0.3, -0.25) is 0 Å². The van der Waals surface area contributed by atoms with Crippen LogP contribution in [0.4, 0.5) is 0 Å². The van der Waals surface area contributed by atoms with Crippen LogP contribution in [-0.4, -0.2) is 26.4 Å². The number of ether oxygens (including phenoxy) is 2. The maximum atomic E-state index is 5.32. The van der Waals surface area contributed by atoms with Crippen molar-refractivity contribution in [1.82, 2.24) is 5.32 Å². The van der Waals surface area contributed by atoms with Crippen LogP contribution >= 0.6 is 11.3 Å². The number of hydrogen-bond acceptors (Lipinski definition) is 4. The monoisotopic (exact) mass is 229 g/mol. The number of nitrogens with one attached hydrogen (secondary N) is 1. The summed E-state index contributed by atoms with van der Waals surface area (Å²) in [4.78, 5) is 1.23. The molecule has 0 amide bonds. The van der Waals surface area contributed by atoms with Crippen molar-refractivity contribution >= 4 is 11.3 Å². The van der Waals surface area contributed by atoms with Gasteiger partial charge in [0.15, 0.2) is 0 Å². The van der Waals surface area contributed by atoms with E-state index in [1.165, 1.54) is 4.88 Å². The molecule has 0 aliphatic heterocycles. The first-order chi connectivity index (χ1) is 7.09. The molecule has 15 heavy (non-hydrogen) atoms. The van der Waals surface area contributed by atoms with Crippen molar-refractivity contribution in [3.63, 3.8) is 0 Å². The van der Waals surface area contributed by atoms with Crippen LogP contribution in [0.15, 0.2) is 11.4 Å². The average Bonchev–Trinajstić information content (AvgIpc) is 2.65. The van der Waals surface area contributed by atoms with Crippen molar-refractivity contribution in [1.29, 1.82) is 0 Å². The second-order valence-corrected chi connectivity index (χ2v) is 4.98. The molecule has 0 radical (unpaired) electrons. The summed E-state index contributed by atoms with van der Waals surface area (Å²) >= 11 is 1.70. The lowest BCUT2D eigenvalue weighted by atomic mass is 10.1. The first-order valence-electron chi connectivity index (χ1n) is 4.95. The van der Waals surface area contributed by atoms with Gasteiger partial charge >= 0.3 is 0 Å². The average molecular weight is 229 g/mol. The minimum Gasteiger partial charge on any atom is -0.496 e. The van der Waals surface area contributed by atoms with E-state index in [1.54, 1.807) is 25.6 Å². The van der Waals surface area contributed by atoms with Crippen molar-refractivity contribution in [2.75, 3.05) is 20.8 Å². The zero-order valence-corrected chi connectivity index (χ0v) is 10.6. The summed E-state index contributed by atoms with van der Waals surface area (Å²) in [5.74, 6) is 0.961. The van der Waals surface area contributed by atoms with E-state index in [1.807, 2.05) is 11.4 Å². The first-order valence-corrected chi connectivity index (χ1v) is 5.83. The standard InChI is InChI=1S/C11H19NO2S/c1-11(2,14-4)8-12-7-10-9(13-3)5-6-15-10/h5-6,12H,7-8H2,1-4H3. The van der Waals surface area contributed by atoms with Gasteiger partial charge < -0.3 is 14.8 Å². The Bertz CT molecular complexity index is 297. The quantitative estimate of drug-likeness (QED) is 0.811. The SMILES string of the molecule is COc1ccsc1CNCC(C)(C)OC. The Kier molecular flexibility index (Phi) is 4.57. The Morgan fingerprint density at radius 2 is 2.13 bits per heavy atom. The molecule has 0 aliphatic carbocycles. The molecule has 1 heterocycles. The van der Waals surface area contributed by atoms with Gasteiger partial charge in [0.1, 0.15) is 5.75 Å². The van der Waals surface area contributed by atoms with Crippen LogP contribution in [0.3, 0.4) is 0 Å². The number of thiophene rings is 1. The molecule has 0 aromatic carbocycles. The summed E-state index contributed by atoms with van der Waals surface area (Å²) in [6, 6.07) is 1.99. The number of rotatable bonds is 6. The summed E-state index contributed by atoms with van der Waals surface area (Å²) in [6.45, 7) is 5.77. The van der Waals surface area contributed by atoms with Gasteiger partial charge in [0.2, 0.25) is 0 Å². The van der Waals surface area contributed by atoms with Gasteiger partial charge in [0, 0.05) is 20.2 Å². The first kappa shape index (κ1) is 12.5. The van der Waals surface area contributed by atoms with E-state index in [2.05, 4.69) is 19.2 Å². The van der Waals surface area contributed by atoms with Crippen molar-refractivity contribution < 1.29 is 9.47 Å². The zero-order chi connectivity index (χ0) is 11.3. The van der Waals surface area contributed by atoms with E-state index >= 15 is 0 Å². The number of methoxy groups -OCH3 is 2. The third-order valence-corrected chi connectivity index (χ3v) is 3.22. The summed E-state index contributed by atoms with van der Waals surface area (Å²) in [5.41, 5.74) is -0.121. The zero-order valence-electron chi connectivity index (χ0n) is 9.79. The molecule has 1 aromatic rings. The number of hydrogen-bond donors (Lipinski definition) is 1. The van der Waals surface area contributed by atoms with Gasteiger partial charge in [-0.15, -0.1) is 11.3 Å².